The van der Waals surface area contributed by atoms with Crippen LogP contribution in [0.25, 0.3) is 0 Å². The predicted molar refractivity (Wildman–Crippen MR) is 63.0 cm³/mol. The maximum atomic E-state index is 5.46. The van der Waals surface area contributed by atoms with Crippen molar-refractivity contribution in [1.82, 2.24) is 20.1 Å². The first-order valence-corrected chi connectivity index (χ1v) is 5.85. The second-order valence-corrected chi connectivity index (χ2v) is 4.16. The molecular weight excluding hydrogens is 204 g/mol. The van der Waals surface area contributed by atoms with Crippen LogP contribution in [0.4, 0.5) is 0 Å². The second-order valence-electron chi connectivity index (χ2n) is 4.16. The monoisotopic (exact) mass is 226 g/mol. The van der Waals surface area contributed by atoms with Gasteiger partial charge >= 0.3 is 0 Å². The molecule has 0 spiro atoms. The molecule has 92 valence electrons. The minimum Gasteiger partial charge on any atom is -0.379 e. The van der Waals surface area contributed by atoms with E-state index in [-0.39, 0.29) is 0 Å². The Kier molecular flexibility index (Phi) is 6.03. The number of aromatic nitrogens is 3. The van der Waals surface area contributed by atoms with Crippen molar-refractivity contribution in [3.8, 4) is 0 Å². The zero-order valence-corrected chi connectivity index (χ0v) is 10.4. The smallest absolute Gasteiger partial charge is 0.146 e. The fourth-order valence-electron chi connectivity index (χ4n) is 1.34. The molecule has 1 aromatic rings. The van der Waals surface area contributed by atoms with Gasteiger partial charge in [-0.3, -0.25) is 0 Å². The van der Waals surface area contributed by atoms with Gasteiger partial charge in [0.1, 0.15) is 12.2 Å². The van der Waals surface area contributed by atoms with Gasteiger partial charge in [-0.15, -0.1) is 10.2 Å². The Balaban J connectivity index is 1.94. The first-order valence-electron chi connectivity index (χ1n) is 5.85. The zero-order valence-electron chi connectivity index (χ0n) is 10.4. The lowest BCUT2D eigenvalue weighted by molar-refractivity contribution is 0.0760. The number of rotatable bonds is 8. The molecule has 5 nitrogen and oxygen atoms in total. The Morgan fingerprint density at radius 3 is 2.88 bits per heavy atom. The second kappa shape index (κ2) is 7.35. The van der Waals surface area contributed by atoms with E-state index in [1.54, 1.807) is 6.33 Å². The van der Waals surface area contributed by atoms with Crippen molar-refractivity contribution in [3.05, 3.63) is 12.2 Å². The molecular formula is C11H22N4O. The van der Waals surface area contributed by atoms with Gasteiger partial charge in [-0.05, 0) is 33.2 Å². The molecule has 0 aliphatic carbocycles. The molecule has 0 radical (unpaired) electrons. The highest BCUT2D eigenvalue weighted by atomic mass is 16.5. The molecule has 0 saturated carbocycles. The SMILES string of the molecule is CC(C)OCCCCNCc1nncn1C. The molecule has 0 aliphatic heterocycles. The van der Waals surface area contributed by atoms with Gasteiger partial charge in [-0.2, -0.15) is 0 Å². The Hall–Kier alpha value is -0.940. The van der Waals surface area contributed by atoms with E-state index < -0.39 is 0 Å². The average Bonchev–Trinajstić information content (AvgIpc) is 2.62. The van der Waals surface area contributed by atoms with Gasteiger partial charge in [-0.25, -0.2) is 0 Å². The molecule has 16 heavy (non-hydrogen) atoms. The van der Waals surface area contributed by atoms with Crippen molar-refractivity contribution in [2.75, 3.05) is 13.2 Å². The molecule has 1 aromatic heterocycles. The number of hydrogen-bond acceptors (Lipinski definition) is 4. The summed E-state index contributed by atoms with van der Waals surface area (Å²) in [5.41, 5.74) is 0. The third-order valence-electron chi connectivity index (χ3n) is 2.29. The van der Waals surface area contributed by atoms with Gasteiger partial charge in [0.05, 0.1) is 12.6 Å². The van der Waals surface area contributed by atoms with Crippen LogP contribution in [0.15, 0.2) is 6.33 Å². The summed E-state index contributed by atoms with van der Waals surface area (Å²) in [7, 11) is 1.95. The minimum absolute atomic E-state index is 0.339. The lowest BCUT2D eigenvalue weighted by Crippen LogP contribution is -2.18. The van der Waals surface area contributed by atoms with Crippen LogP contribution < -0.4 is 5.32 Å². The van der Waals surface area contributed by atoms with E-state index in [0.717, 1.165) is 38.4 Å². The van der Waals surface area contributed by atoms with Crippen LogP contribution in [0.1, 0.15) is 32.5 Å². The lowest BCUT2D eigenvalue weighted by Gasteiger charge is -2.07. The van der Waals surface area contributed by atoms with Crippen LogP contribution in [0, 0.1) is 0 Å². The van der Waals surface area contributed by atoms with Gasteiger partial charge in [0.2, 0.25) is 0 Å². The summed E-state index contributed by atoms with van der Waals surface area (Å²) in [4.78, 5) is 0. The van der Waals surface area contributed by atoms with Gasteiger partial charge in [0.15, 0.2) is 0 Å². The molecule has 5 heteroatoms. The van der Waals surface area contributed by atoms with Gasteiger partial charge in [0, 0.05) is 13.7 Å². The summed E-state index contributed by atoms with van der Waals surface area (Å²) in [5.74, 6) is 0.971. The first kappa shape index (κ1) is 13.1. The Bertz CT molecular complexity index is 285. The molecule has 1 N–H and O–H groups in total. The highest BCUT2D eigenvalue weighted by Crippen LogP contribution is 1.94. The van der Waals surface area contributed by atoms with Crippen LogP contribution in [0.3, 0.4) is 0 Å². The Morgan fingerprint density at radius 2 is 2.25 bits per heavy atom. The molecule has 0 fully saturated rings. The van der Waals surface area contributed by atoms with E-state index in [4.69, 9.17) is 4.74 Å². The number of hydrogen-bond donors (Lipinski definition) is 1. The van der Waals surface area contributed by atoms with Crippen LogP contribution >= 0.6 is 0 Å². The maximum absolute atomic E-state index is 5.46. The first-order chi connectivity index (χ1) is 7.70. The fourth-order valence-corrected chi connectivity index (χ4v) is 1.34. The molecule has 0 atom stereocenters. The van der Waals surface area contributed by atoms with E-state index in [2.05, 4.69) is 29.4 Å². The summed E-state index contributed by atoms with van der Waals surface area (Å²) in [6.07, 6.45) is 4.29. The molecule has 1 heterocycles. The largest absolute Gasteiger partial charge is 0.379 e. The molecule has 0 aliphatic rings. The molecule has 0 saturated heterocycles. The zero-order chi connectivity index (χ0) is 11.8. The lowest BCUT2D eigenvalue weighted by atomic mass is 10.3. The molecule has 0 amide bonds. The van der Waals surface area contributed by atoms with Crippen LogP contribution in [0.5, 0.6) is 0 Å². The van der Waals surface area contributed by atoms with Crippen molar-refractivity contribution >= 4 is 0 Å². The summed E-state index contributed by atoms with van der Waals surface area (Å²) in [5, 5.41) is 11.2. The van der Waals surface area contributed by atoms with Crippen molar-refractivity contribution in [2.45, 2.75) is 39.3 Å². The summed E-state index contributed by atoms with van der Waals surface area (Å²) < 4.78 is 7.38. The standard InChI is InChI=1S/C11H22N4O/c1-10(2)16-7-5-4-6-12-8-11-14-13-9-15(11)3/h9-10,12H,4-8H2,1-3H3. The van der Waals surface area contributed by atoms with E-state index in [1.807, 2.05) is 11.6 Å². The summed E-state index contributed by atoms with van der Waals surface area (Å²) in [6, 6.07) is 0. The number of unbranched alkanes of at least 4 members (excludes halogenated alkanes) is 1. The van der Waals surface area contributed by atoms with Gasteiger partial charge in [-0.1, -0.05) is 0 Å². The fraction of sp³-hybridized carbons (Fsp3) is 0.818. The van der Waals surface area contributed by atoms with E-state index >= 15 is 0 Å². The third-order valence-corrected chi connectivity index (χ3v) is 2.29. The van der Waals surface area contributed by atoms with Crippen LogP contribution in [-0.4, -0.2) is 34.0 Å². The van der Waals surface area contributed by atoms with Crippen LogP contribution in [-0.2, 0) is 18.3 Å². The molecule has 0 unspecified atom stereocenters. The number of nitrogens with one attached hydrogen (secondary N) is 1. The van der Waals surface area contributed by atoms with E-state index in [1.165, 1.54) is 0 Å². The average molecular weight is 226 g/mol. The van der Waals surface area contributed by atoms with Gasteiger partial charge < -0.3 is 14.6 Å². The number of nitrogens with zero attached hydrogens (tertiary/aromatic N) is 3. The molecule has 0 aromatic carbocycles. The highest BCUT2D eigenvalue weighted by Gasteiger charge is 1.98. The molecule has 0 bridgehead atoms. The Morgan fingerprint density at radius 1 is 1.44 bits per heavy atom. The summed E-state index contributed by atoms with van der Waals surface area (Å²) >= 11 is 0. The van der Waals surface area contributed by atoms with Crippen molar-refractivity contribution < 1.29 is 4.74 Å². The Labute approximate surface area is 97.2 Å². The van der Waals surface area contributed by atoms with Gasteiger partial charge in [0.25, 0.3) is 0 Å². The predicted octanol–water partition coefficient (Wildman–Crippen LogP) is 1.11. The molecule has 1 rings (SSSR count). The normalized spacial score (nSPS) is 11.2. The third kappa shape index (κ3) is 5.23. The topological polar surface area (TPSA) is 52.0 Å². The minimum atomic E-state index is 0.339. The van der Waals surface area contributed by atoms with Crippen molar-refractivity contribution in [3.63, 3.8) is 0 Å². The van der Waals surface area contributed by atoms with E-state index in [0.29, 0.717) is 6.10 Å². The van der Waals surface area contributed by atoms with E-state index in [9.17, 15) is 0 Å². The quantitative estimate of drug-likeness (QED) is 0.675. The van der Waals surface area contributed by atoms with Crippen LogP contribution in [0.2, 0.25) is 0 Å². The number of ether oxygens (including phenoxy) is 1. The number of aryl methyl sites for hydroxylation is 1. The highest BCUT2D eigenvalue weighted by molar-refractivity contribution is 4.82. The summed E-state index contributed by atoms with van der Waals surface area (Å²) in [6.45, 7) is 6.75. The van der Waals surface area contributed by atoms with Crippen molar-refractivity contribution in [2.24, 2.45) is 7.05 Å². The maximum Gasteiger partial charge on any atom is 0.146 e. The van der Waals surface area contributed by atoms with Crippen molar-refractivity contribution in [1.29, 1.82) is 0 Å².